The van der Waals surface area contributed by atoms with Crippen LogP contribution in [0.15, 0.2) is 5.38 Å². The fourth-order valence-corrected chi connectivity index (χ4v) is 3.85. The number of thiazole rings is 1. The normalized spacial score (nSPS) is 24.1. The Morgan fingerprint density at radius 3 is 2.71 bits per heavy atom. The van der Waals surface area contributed by atoms with Crippen molar-refractivity contribution in [1.29, 1.82) is 0 Å². The maximum Gasteiger partial charge on any atom is 0.236 e. The molecule has 1 fully saturated rings. The van der Waals surface area contributed by atoms with Crippen molar-refractivity contribution in [2.24, 2.45) is 11.8 Å². The molecule has 1 aliphatic heterocycles. The fraction of sp³-hybridized carbons (Fsp3) is 0.750. The van der Waals surface area contributed by atoms with E-state index in [-0.39, 0.29) is 11.9 Å². The van der Waals surface area contributed by atoms with E-state index in [0.717, 1.165) is 30.2 Å². The first-order valence-electron chi connectivity index (χ1n) is 7.95. The maximum atomic E-state index is 12.3. The van der Waals surface area contributed by atoms with E-state index >= 15 is 0 Å². The molecule has 0 bridgehead atoms. The van der Waals surface area contributed by atoms with Gasteiger partial charge in [0.1, 0.15) is 0 Å². The molecule has 1 amide bonds. The summed E-state index contributed by atoms with van der Waals surface area (Å²) in [7, 11) is 0. The Balaban J connectivity index is 1.83. The van der Waals surface area contributed by atoms with Crippen molar-refractivity contribution >= 4 is 17.2 Å². The molecule has 4 nitrogen and oxygen atoms in total. The Labute approximate surface area is 132 Å². The van der Waals surface area contributed by atoms with Crippen LogP contribution < -0.4 is 5.32 Å². The first-order valence-corrected chi connectivity index (χ1v) is 8.83. The van der Waals surface area contributed by atoms with Gasteiger partial charge < -0.3 is 10.2 Å². The zero-order valence-corrected chi connectivity index (χ0v) is 14.4. The first-order chi connectivity index (χ1) is 9.99. The lowest BCUT2D eigenvalue weighted by atomic mass is 9.92. The lowest BCUT2D eigenvalue weighted by Gasteiger charge is -2.35. The molecule has 118 valence electrons. The van der Waals surface area contributed by atoms with Crippen LogP contribution in [0.5, 0.6) is 0 Å². The summed E-state index contributed by atoms with van der Waals surface area (Å²) in [5.41, 5.74) is 1.05. The van der Waals surface area contributed by atoms with E-state index in [1.165, 1.54) is 6.42 Å². The minimum absolute atomic E-state index is 0.130. The van der Waals surface area contributed by atoms with Gasteiger partial charge in [-0.3, -0.25) is 4.79 Å². The second-order valence-corrected chi connectivity index (χ2v) is 7.31. The highest BCUT2D eigenvalue weighted by Gasteiger charge is 2.25. The van der Waals surface area contributed by atoms with Crippen molar-refractivity contribution in [1.82, 2.24) is 15.2 Å². The Bertz CT molecular complexity index is 464. The molecule has 21 heavy (non-hydrogen) atoms. The van der Waals surface area contributed by atoms with Gasteiger partial charge >= 0.3 is 0 Å². The van der Waals surface area contributed by atoms with Gasteiger partial charge in [0, 0.05) is 24.5 Å². The number of nitrogens with zero attached hydrogens (tertiary/aromatic N) is 2. The minimum atomic E-state index is 0.130. The van der Waals surface area contributed by atoms with Gasteiger partial charge in [-0.05, 0) is 31.6 Å². The summed E-state index contributed by atoms with van der Waals surface area (Å²) in [4.78, 5) is 18.9. The van der Waals surface area contributed by atoms with Crippen molar-refractivity contribution in [3.63, 3.8) is 0 Å². The van der Waals surface area contributed by atoms with Gasteiger partial charge in [0.05, 0.1) is 17.2 Å². The van der Waals surface area contributed by atoms with Gasteiger partial charge in [-0.1, -0.05) is 20.8 Å². The molecular formula is C16H27N3OS. The maximum absolute atomic E-state index is 12.3. The third-order valence-corrected chi connectivity index (χ3v) is 5.11. The van der Waals surface area contributed by atoms with Gasteiger partial charge in [0.25, 0.3) is 0 Å². The van der Waals surface area contributed by atoms with Gasteiger partial charge in [0.2, 0.25) is 5.91 Å². The Morgan fingerprint density at radius 2 is 2.14 bits per heavy atom. The number of carbonyl (C=O) groups excluding carboxylic acids is 1. The number of hydrogen-bond acceptors (Lipinski definition) is 4. The van der Waals surface area contributed by atoms with Crippen LogP contribution in [0.25, 0.3) is 0 Å². The van der Waals surface area contributed by atoms with Gasteiger partial charge in [-0.25, -0.2) is 4.98 Å². The predicted octanol–water partition coefficient (Wildman–Crippen LogP) is 2.86. The average Bonchev–Trinajstić information content (AvgIpc) is 2.92. The van der Waals surface area contributed by atoms with Gasteiger partial charge in [-0.15, -0.1) is 11.3 Å². The van der Waals surface area contributed by atoms with Crippen molar-refractivity contribution < 1.29 is 4.79 Å². The van der Waals surface area contributed by atoms with Crippen molar-refractivity contribution in [2.45, 2.75) is 46.6 Å². The van der Waals surface area contributed by atoms with Crippen LogP contribution in [0, 0.1) is 11.8 Å². The van der Waals surface area contributed by atoms with Gasteiger partial charge in [-0.2, -0.15) is 0 Å². The average molecular weight is 309 g/mol. The molecule has 1 aromatic rings. The minimum Gasteiger partial charge on any atom is -0.341 e. The van der Waals surface area contributed by atoms with Crippen molar-refractivity contribution in [3.8, 4) is 0 Å². The van der Waals surface area contributed by atoms with Crippen molar-refractivity contribution in [3.05, 3.63) is 16.1 Å². The topological polar surface area (TPSA) is 45.2 Å². The Morgan fingerprint density at radius 1 is 1.48 bits per heavy atom. The van der Waals surface area contributed by atoms with Gasteiger partial charge in [0.15, 0.2) is 0 Å². The molecule has 2 rings (SSSR count). The van der Waals surface area contributed by atoms with Crippen LogP contribution in [0.1, 0.15) is 50.9 Å². The molecule has 0 aromatic carbocycles. The number of rotatable bonds is 5. The molecule has 1 saturated heterocycles. The molecule has 3 atom stereocenters. The highest BCUT2D eigenvalue weighted by Crippen LogP contribution is 2.21. The first kappa shape index (κ1) is 16.4. The second-order valence-electron chi connectivity index (χ2n) is 6.37. The Hall–Kier alpha value is -0.940. The number of aryl methyl sites for hydroxylation is 1. The molecule has 0 spiro atoms. The largest absolute Gasteiger partial charge is 0.341 e. The van der Waals surface area contributed by atoms with E-state index in [1.807, 2.05) is 4.90 Å². The van der Waals surface area contributed by atoms with Crippen LogP contribution in [0.3, 0.4) is 0 Å². The number of carbonyl (C=O) groups is 1. The lowest BCUT2D eigenvalue weighted by Crippen LogP contribution is -2.46. The SMILES string of the molecule is CCc1nc(C(C)NCC(=O)N2CC(C)CC(C)C2)cs1. The summed E-state index contributed by atoms with van der Waals surface area (Å²) < 4.78 is 0. The molecule has 3 unspecified atom stereocenters. The summed E-state index contributed by atoms with van der Waals surface area (Å²) in [6.45, 7) is 10.8. The van der Waals surface area contributed by atoms with Crippen molar-refractivity contribution in [2.75, 3.05) is 19.6 Å². The Kier molecular flexibility index (Phi) is 5.76. The van der Waals surface area contributed by atoms with E-state index in [4.69, 9.17) is 0 Å². The summed E-state index contributed by atoms with van der Waals surface area (Å²) in [5, 5.41) is 6.56. The molecule has 5 heteroatoms. The third kappa shape index (κ3) is 4.51. The van der Waals surface area contributed by atoms with E-state index in [1.54, 1.807) is 11.3 Å². The van der Waals surface area contributed by atoms with Crippen LogP contribution in [-0.4, -0.2) is 35.4 Å². The van der Waals surface area contributed by atoms with E-state index in [9.17, 15) is 4.79 Å². The molecule has 0 saturated carbocycles. The highest BCUT2D eigenvalue weighted by molar-refractivity contribution is 7.09. The van der Waals surface area contributed by atoms with Crippen LogP contribution in [0.2, 0.25) is 0 Å². The number of amides is 1. The number of aromatic nitrogens is 1. The molecule has 0 radical (unpaired) electrons. The lowest BCUT2D eigenvalue weighted by molar-refractivity contribution is -0.133. The summed E-state index contributed by atoms with van der Waals surface area (Å²) in [5.74, 6) is 1.44. The molecule has 1 aromatic heterocycles. The van der Waals surface area contributed by atoms with E-state index in [2.05, 4.69) is 43.4 Å². The zero-order valence-electron chi connectivity index (χ0n) is 13.6. The molecular weight excluding hydrogens is 282 g/mol. The summed E-state index contributed by atoms with van der Waals surface area (Å²) in [6, 6.07) is 0.130. The molecule has 1 N–H and O–H groups in total. The highest BCUT2D eigenvalue weighted by atomic mass is 32.1. The predicted molar refractivity (Wildman–Crippen MR) is 87.4 cm³/mol. The monoisotopic (exact) mass is 309 g/mol. The smallest absolute Gasteiger partial charge is 0.236 e. The van der Waals surface area contributed by atoms with Crippen LogP contribution >= 0.6 is 11.3 Å². The molecule has 1 aliphatic rings. The van der Waals surface area contributed by atoms with E-state index < -0.39 is 0 Å². The quantitative estimate of drug-likeness (QED) is 0.909. The number of piperidine rings is 1. The third-order valence-electron chi connectivity index (χ3n) is 4.10. The van der Waals surface area contributed by atoms with Crippen LogP contribution in [-0.2, 0) is 11.2 Å². The second kappa shape index (κ2) is 7.36. The van der Waals surface area contributed by atoms with Crippen LogP contribution in [0.4, 0.5) is 0 Å². The standard InChI is InChI=1S/C16H27N3OS/c1-5-15-18-14(10-21-15)13(4)17-7-16(20)19-8-11(2)6-12(3)9-19/h10-13,17H,5-9H2,1-4H3. The number of hydrogen-bond donors (Lipinski definition) is 1. The number of nitrogens with one attached hydrogen (secondary N) is 1. The van der Waals surface area contributed by atoms with E-state index in [0.29, 0.717) is 18.4 Å². The number of likely N-dealkylation sites (tertiary alicyclic amines) is 1. The summed E-state index contributed by atoms with van der Waals surface area (Å²) >= 11 is 1.69. The molecule has 2 heterocycles. The zero-order chi connectivity index (χ0) is 15.4. The summed E-state index contributed by atoms with van der Waals surface area (Å²) in [6.07, 6.45) is 2.20. The molecule has 0 aliphatic carbocycles. The fourth-order valence-electron chi connectivity index (χ4n) is 3.01.